The molecule has 18 heavy (non-hydrogen) atoms. The lowest BCUT2D eigenvalue weighted by Crippen LogP contribution is -2.40. The molecule has 1 saturated heterocycles. The average Bonchev–Trinajstić information content (AvgIpc) is 2.33. The summed E-state index contributed by atoms with van der Waals surface area (Å²) < 4.78 is 26.8. The van der Waals surface area contributed by atoms with Crippen molar-refractivity contribution < 1.29 is 8.78 Å². The van der Waals surface area contributed by atoms with E-state index in [0.717, 1.165) is 25.6 Å². The molecule has 4 heteroatoms. The fraction of sp³-hybridized carbons (Fsp3) is 0.571. The first kappa shape index (κ1) is 13.4. The highest BCUT2D eigenvalue weighted by molar-refractivity contribution is 5.22. The SMILES string of the molecule is C[C@@H]1CCCN([C@@H](CN)c2ccc(F)cc2F)C1. The van der Waals surface area contributed by atoms with E-state index >= 15 is 0 Å². The van der Waals surface area contributed by atoms with Gasteiger partial charge in [0.1, 0.15) is 11.6 Å². The van der Waals surface area contributed by atoms with E-state index in [2.05, 4.69) is 11.8 Å². The van der Waals surface area contributed by atoms with Crippen molar-refractivity contribution in [2.45, 2.75) is 25.8 Å². The van der Waals surface area contributed by atoms with E-state index in [9.17, 15) is 8.78 Å². The molecule has 0 amide bonds. The number of benzene rings is 1. The summed E-state index contributed by atoms with van der Waals surface area (Å²) in [6.07, 6.45) is 2.32. The van der Waals surface area contributed by atoms with Crippen molar-refractivity contribution in [3.05, 3.63) is 35.4 Å². The molecule has 1 aliphatic rings. The van der Waals surface area contributed by atoms with E-state index in [1.165, 1.54) is 18.6 Å². The van der Waals surface area contributed by atoms with Crippen LogP contribution in [0.5, 0.6) is 0 Å². The summed E-state index contributed by atoms with van der Waals surface area (Å²) in [5.41, 5.74) is 6.29. The number of rotatable bonds is 3. The van der Waals surface area contributed by atoms with Crippen LogP contribution in [0.2, 0.25) is 0 Å². The smallest absolute Gasteiger partial charge is 0.130 e. The van der Waals surface area contributed by atoms with Crippen molar-refractivity contribution in [3.8, 4) is 0 Å². The van der Waals surface area contributed by atoms with Crippen molar-refractivity contribution in [1.29, 1.82) is 0 Å². The molecule has 100 valence electrons. The van der Waals surface area contributed by atoms with Gasteiger partial charge in [-0.2, -0.15) is 0 Å². The number of nitrogens with zero attached hydrogens (tertiary/aromatic N) is 1. The lowest BCUT2D eigenvalue weighted by atomic mass is 9.96. The van der Waals surface area contributed by atoms with Crippen LogP contribution >= 0.6 is 0 Å². The minimum Gasteiger partial charge on any atom is -0.329 e. The molecular weight excluding hydrogens is 234 g/mol. The molecule has 0 unspecified atom stereocenters. The van der Waals surface area contributed by atoms with Crippen molar-refractivity contribution in [3.63, 3.8) is 0 Å². The van der Waals surface area contributed by atoms with Gasteiger partial charge in [0, 0.05) is 30.8 Å². The van der Waals surface area contributed by atoms with E-state index in [0.29, 0.717) is 18.0 Å². The Morgan fingerprint density at radius 1 is 1.44 bits per heavy atom. The molecule has 0 bridgehead atoms. The predicted molar refractivity (Wildman–Crippen MR) is 68.1 cm³/mol. The third kappa shape index (κ3) is 2.87. The quantitative estimate of drug-likeness (QED) is 0.898. The summed E-state index contributed by atoms with van der Waals surface area (Å²) in [6.45, 7) is 4.41. The number of piperidine rings is 1. The van der Waals surface area contributed by atoms with Gasteiger partial charge in [0.2, 0.25) is 0 Å². The fourth-order valence-electron chi connectivity index (χ4n) is 2.75. The van der Waals surface area contributed by atoms with Gasteiger partial charge < -0.3 is 5.73 Å². The molecule has 0 aromatic heterocycles. The van der Waals surface area contributed by atoms with Crippen molar-refractivity contribution >= 4 is 0 Å². The van der Waals surface area contributed by atoms with Crippen LogP contribution in [0.3, 0.4) is 0 Å². The molecule has 1 aromatic rings. The second kappa shape index (κ2) is 5.76. The number of nitrogens with two attached hydrogens (primary N) is 1. The molecule has 2 atom stereocenters. The first-order chi connectivity index (χ1) is 8.61. The maximum absolute atomic E-state index is 13.8. The molecule has 1 aromatic carbocycles. The lowest BCUT2D eigenvalue weighted by Gasteiger charge is -2.37. The summed E-state index contributed by atoms with van der Waals surface area (Å²) >= 11 is 0. The number of likely N-dealkylation sites (tertiary alicyclic amines) is 1. The molecule has 2 N–H and O–H groups in total. The molecule has 1 aliphatic heterocycles. The Morgan fingerprint density at radius 3 is 2.83 bits per heavy atom. The van der Waals surface area contributed by atoms with Gasteiger partial charge in [-0.15, -0.1) is 0 Å². The van der Waals surface area contributed by atoms with Crippen LogP contribution in [0.15, 0.2) is 18.2 Å². The maximum Gasteiger partial charge on any atom is 0.130 e. The third-order valence-electron chi connectivity index (χ3n) is 3.67. The number of hydrogen-bond acceptors (Lipinski definition) is 2. The van der Waals surface area contributed by atoms with E-state index in [1.807, 2.05) is 0 Å². The van der Waals surface area contributed by atoms with E-state index in [1.54, 1.807) is 0 Å². The summed E-state index contributed by atoms with van der Waals surface area (Å²) in [5.74, 6) is -0.431. The molecule has 0 aliphatic carbocycles. The summed E-state index contributed by atoms with van der Waals surface area (Å²) in [7, 11) is 0. The molecule has 1 heterocycles. The van der Waals surface area contributed by atoms with Crippen LogP contribution in [0.25, 0.3) is 0 Å². The van der Waals surface area contributed by atoms with Crippen LogP contribution in [-0.2, 0) is 0 Å². The number of halogens is 2. The number of hydrogen-bond donors (Lipinski definition) is 1. The Labute approximate surface area is 107 Å². The minimum absolute atomic E-state index is 0.145. The highest BCUT2D eigenvalue weighted by Crippen LogP contribution is 2.27. The predicted octanol–water partition coefficient (Wildman–Crippen LogP) is 2.70. The Hall–Kier alpha value is -1.00. The second-order valence-corrected chi connectivity index (χ2v) is 5.16. The van der Waals surface area contributed by atoms with Crippen LogP contribution in [0, 0.1) is 17.6 Å². The Bertz CT molecular complexity index is 409. The third-order valence-corrected chi connectivity index (χ3v) is 3.67. The summed E-state index contributed by atoms with van der Waals surface area (Å²) in [4.78, 5) is 2.21. The molecule has 0 radical (unpaired) electrons. The second-order valence-electron chi connectivity index (χ2n) is 5.16. The monoisotopic (exact) mass is 254 g/mol. The highest BCUT2D eigenvalue weighted by Gasteiger charge is 2.26. The molecule has 2 rings (SSSR count). The van der Waals surface area contributed by atoms with Crippen molar-refractivity contribution in [2.24, 2.45) is 11.7 Å². The average molecular weight is 254 g/mol. The molecule has 1 fully saturated rings. The molecule has 0 saturated carbocycles. The molecular formula is C14H20F2N2. The summed E-state index contributed by atoms with van der Waals surface area (Å²) in [5, 5.41) is 0. The van der Waals surface area contributed by atoms with Gasteiger partial charge in [-0.1, -0.05) is 13.0 Å². The van der Waals surface area contributed by atoms with Gasteiger partial charge in [0.15, 0.2) is 0 Å². The van der Waals surface area contributed by atoms with Gasteiger partial charge in [0.25, 0.3) is 0 Å². The van der Waals surface area contributed by atoms with Crippen molar-refractivity contribution in [1.82, 2.24) is 4.90 Å². The van der Waals surface area contributed by atoms with E-state index in [-0.39, 0.29) is 6.04 Å². The van der Waals surface area contributed by atoms with Crippen LogP contribution in [-0.4, -0.2) is 24.5 Å². The zero-order valence-corrected chi connectivity index (χ0v) is 10.7. The van der Waals surface area contributed by atoms with E-state index < -0.39 is 11.6 Å². The minimum atomic E-state index is -0.543. The maximum atomic E-state index is 13.8. The van der Waals surface area contributed by atoms with Crippen LogP contribution < -0.4 is 5.73 Å². The van der Waals surface area contributed by atoms with Gasteiger partial charge in [-0.25, -0.2) is 8.78 Å². The summed E-state index contributed by atoms with van der Waals surface area (Å²) in [6, 6.07) is 3.61. The standard InChI is InChI=1S/C14H20F2N2/c1-10-3-2-6-18(9-10)14(8-17)12-5-4-11(15)7-13(12)16/h4-5,7,10,14H,2-3,6,8-9,17H2,1H3/t10-,14+/m1/s1. The van der Waals surface area contributed by atoms with Gasteiger partial charge >= 0.3 is 0 Å². The van der Waals surface area contributed by atoms with Gasteiger partial charge in [-0.05, 0) is 31.4 Å². The Morgan fingerprint density at radius 2 is 2.22 bits per heavy atom. The zero-order chi connectivity index (χ0) is 13.1. The first-order valence-electron chi connectivity index (χ1n) is 6.51. The zero-order valence-electron chi connectivity index (χ0n) is 10.7. The van der Waals surface area contributed by atoms with Crippen LogP contribution in [0.4, 0.5) is 8.78 Å². The molecule has 2 nitrogen and oxygen atoms in total. The lowest BCUT2D eigenvalue weighted by molar-refractivity contribution is 0.131. The van der Waals surface area contributed by atoms with Gasteiger partial charge in [-0.3, -0.25) is 4.90 Å². The topological polar surface area (TPSA) is 29.3 Å². The van der Waals surface area contributed by atoms with Crippen LogP contribution in [0.1, 0.15) is 31.4 Å². The van der Waals surface area contributed by atoms with Crippen molar-refractivity contribution in [2.75, 3.05) is 19.6 Å². The Kier molecular flexibility index (Phi) is 4.30. The fourth-order valence-corrected chi connectivity index (χ4v) is 2.75. The normalized spacial score (nSPS) is 23.0. The Balaban J connectivity index is 2.21. The molecule has 0 spiro atoms. The largest absolute Gasteiger partial charge is 0.329 e. The first-order valence-corrected chi connectivity index (χ1v) is 6.51. The van der Waals surface area contributed by atoms with E-state index in [4.69, 9.17) is 5.73 Å². The van der Waals surface area contributed by atoms with Gasteiger partial charge in [0.05, 0.1) is 0 Å². The highest BCUT2D eigenvalue weighted by atomic mass is 19.1.